The van der Waals surface area contributed by atoms with Crippen molar-refractivity contribution in [2.24, 2.45) is 0 Å². The minimum absolute atomic E-state index is 0.540. The third-order valence-corrected chi connectivity index (χ3v) is 3.94. The van der Waals surface area contributed by atoms with E-state index in [0.29, 0.717) is 25.2 Å². The van der Waals surface area contributed by atoms with Crippen LogP contribution in [0.4, 0.5) is 0 Å². The van der Waals surface area contributed by atoms with Crippen LogP contribution in [0.5, 0.6) is 0 Å². The van der Waals surface area contributed by atoms with E-state index in [9.17, 15) is 5.11 Å². The zero-order valence-corrected chi connectivity index (χ0v) is 12.2. The van der Waals surface area contributed by atoms with E-state index < -0.39 is 5.60 Å². The van der Waals surface area contributed by atoms with Gasteiger partial charge in [0.1, 0.15) is 23.4 Å². The molecule has 3 rings (SSSR count). The second kappa shape index (κ2) is 5.90. The minimum atomic E-state index is -0.930. The molecule has 0 spiro atoms. The summed E-state index contributed by atoms with van der Waals surface area (Å²) in [5, 5.41) is 25.5. The fraction of sp³-hybridized carbons (Fsp3) is 0.692. The van der Waals surface area contributed by atoms with Gasteiger partial charge in [0.25, 0.3) is 0 Å². The average molecular weight is 291 g/mol. The average Bonchev–Trinajstić information content (AvgIpc) is 3.12. The number of aromatic nitrogens is 6. The Morgan fingerprint density at radius 3 is 3.14 bits per heavy atom. The molecule has 8 heteroatoms. The zero-order chi connectivity index (χ0) is 14.7. The van der Waals surface area contributed by atoms with Crippen molar-refractivity contribution in [3.63, 3.8) is 0 Å². The first-order valence-corrected chi connectivity index (χ1v) is 7.39. The van der Waals surface area contributed by atoms with Crippen molar-refractivity contribution in [1.29, 1.82) is 0 Å². The molecule has 1 saturated heterocycles. The minimum Gasteiger partial charge on any atom is -0.382 e. The van der Waals surface area contributed by atoms with Crippen molar-refractivity contribution in [3.8, 4) is 0 Å². The van der Waals surface area contributed by atoms with E-state index >= 15 is 0 Å². The Morgan fingerprint density at radius 1 is 1.48 bits per heavy atom. The van der Waals surface area contributed by atoms with E-state index in [-0.39, 0.29) is 0 Å². The third-order valence-electron chi connectivity index (χ3n) is 3.94. The topological polar surface area (TPSA) is 95.8 Å². The first-order chi connectivity index (χ1) is 10.2. The van der Waals surface area contributed by atoms with Gasteiger partial charge in [-0.1, -0.05) is 6.92 Å². The normalized spacial score (nSPS) is 23.5. The Labute approximate surface area is 123 Å². The summed E-state index contributed by atoms with van der Waals surface area (Å²) in [6, 6.07) is 0. The number of hydrogen-bond donors (Lipinski definition) is 2. The van der Waals surface area contributed by atoms with Crippen LogP contribution in [0.2, 0.25) is 0 Å². The lowest BCUT2D eigenvalue weighted by Gasteiger charge is -2.37. The molecule has 2 aromatic heterocycles. The summed E-state index contributed by atoms with van der Waals surface area (Å²) in [7, 11) is 0. The van der Waals surface area contributed by atoms with Gasteiger partial charge < -0.3 is 5.11 Å². The predicted molar refractivity (Wildman–Crippen MR) is 75.1 cm³/mol. The van der Waals surface area contributed by atoms with E-state index in [1.807, 2.05) is 4.68 Å². The molecule has 114 valence electrons. The maximum absolute atomic E-state index is 10.8. The van der Waals surface area contributed by atoms with E-state index in [0.717, 1.165) is 31.8 Å². The Morgan fingerprint density at radius 2 is 2.38 bits per heavy atom. The summed E-state index contributed by atoms with van der Waals surface area (Å²) in [5.74, 6) is 0.946. The van der Waals surface area contributed by atoms with E-state index in [1.165, 1.54) is 0 Å². The maximum atomic E-state index is 10.8. The highest BCUT2D eigenvalue weighted by Gasteiger charge is 2.37. The number of β-amino-alcohol motifs (C(OH)–C–C–N with tert-alkyl or cyclic N) is 1. The first kappa shape index (κ1) is 14.2. The second-order valence-electron chi connectivity index (χ2n) is 5.60. The molecule has 0 saturated carbocycles. The van der Waals surface area contributed by atoms with Crippen LogP contribution in [0.15, 0.2) is 12.5 Å². The molecule has 2 N–H and O–H groups in total. The molecule has 3 heterocycles. The van der Waals surface area contributed by atoms with Crippen molar-refractivity contribution in [1.82, 2.24) is 35.1 Å². The van der Waals surface area contributed by atoms with Crippen molar-refractivity contribution in [2.75, 3.05) is 13.1 Å². The monoisotopic (exact) mass is 291 g/mol. The van der Waals surface area contributed by atoms with Gasteiger partial charge in [-0.05, 0) is 25.8 Å². The summed E-state index contributed by atoms with van der Waals surface area (Å²) < 4.78 is 1.93. The lowest BCUT2D eigenvalue weighted by atomic mass is 9.90. The lowest BCUT2D eigenvalue weighted by Crippen LogP contribution is -2.46. The number of aryl methyl sites for hydroxylation is 1. The molecule has 1 aliphatic rings. The second-order valence-corrected chi connectivity index (χ2v) is 5.60. The first-order valence-electron chi connectivity index (χ1n) is 7.39. The SMILES string of the molecule is CCCn1ncnc1CN1CCCC(O)(c2cn[nH]n2)C1. The third kappa shape index (κ3) is 2.96. The quantitative estimate of drug-likeness (QED) is 0.822. The summed E-state index contributed by atoms with van der Waals surface area (Å²) in [4.78, 5) is 6.54. The molecule has 0 aromatic carbocycles. The molecule has 21 heavy (non-hydrogen) atoms. The van der Waals surface area contributed by atoms with Gasteiger partial charge in [0, 0.05) is 13.1 Å². The number of hydrogen-bond acceptors (Lipinski definition) is 6. The van der Waals surface area contributed by atoms with Crippen LogP contribution in [0.3, 0.4) is 0 Å². The van der Waals surface area contributed by atoms with Crippen LogP contribution >= 0.6 is 0 Å². The number of aliphatic hydroxyl groups is 1. The van der Waals surface area contributed by atoms with Gasteiger partial charge in [0.05, 0.1) is 12.7 Å². The van der Waals surface area contributed by atoms with Crippen molar-refractivity contribution in [2.45, 2.75) is 44.9 Å². The van der Waals surface area contributed by atoms with Crippen LogP contribution < -0.4 is 0 Å². The standard InChI is InChI=1S/C13H21N7O/c1-2-5-20-12(14-10-16-20)8-19-6-3-4-13(21,9-19)11-7-15-18-17-11/h7,10,21H,2-6,8-9H2,1H3,(H,15,17,18). The Balaban J connectivity index is 1.70. The number of rotatable bonds is 5. The largest absolute Gasteiger partial charge is 0.382 e. The Kier molecular flexibility index (Phi) is 3.98. The molecular weight excluding hydrogens is 270 g/mol. The molecule has 1 fully saturated rings. The fourth-order valence-electron chi connectivity index (χ4n) is 2.90. The molecule has 2 aromatic rings. The maximum Gasteiger partial charge on any atom is 0.141 e. The number of aromatic amines is 1. The molecule has 0 radical (unpaired) electrons. The fourth-order valence-corrected chi connectivity index (χ4v) is 2.90. The summed E-state index contributed by atoms with van der Waals surface area (Å²) in [6.07, 6.45) is 5.85. The molecule has 0 amide bonds. The highest BCUT2D eigenvalue weighted by molar-refractivity contribution is 5.09. The van der Waals surface area contributed by atoms with Crippen LogP contribution in [0, 0.1) is 0 Å². The van der Waals surface area contributed by atoms with E-state index in [2.05, 4.69) is 37.3 Å². The number of H-pyrrole nitrogens is 1. The van der Waals surface area contributed by atoms with Gasteiger partial charge in [-0.25, -0.2) is 9.67 Å². The van der Waals surface area contributed by atoms with Crippen LogP contribution in [-0.2, 0) is 18.7 Å². The molecule has 1 unspecified atom stereocenters. The zero-order valence-electron chi connectivity index (χ0n) is 12.2. The molecular formula is C13H21N7O. The summed E-state index contributed by atoms with van der Waals surface area (Å²) in [6.45, 7) is 5.17. The molecule has 0 aliphatic carbocycles. The Hall–Kier alpha value is -1.80. The van der Waals surface area contributed by atoms with Crippen LogP contribution in [-0.4, -0.2) is 53.3 Å². The number of nitrogens with one attached hydrogen (secondary N) is 1. The van der Waals surface area contributed by atoms with Gasteiger partial charge in [-0.2, -0.15) is 20.5 Å². The van der Waals surface area contributed by atoms with Gasteiger partial charge in [0.15, 0.2) is 0 Å². The van der Waals surface area contributed by atoms with Crippen LogP contribution in [0.1, 0.15) is 37.7 Å². The van der Waals surface area contributed by atoms with Crippen molar-refractivity contribution in [3.05, 3.63) is 24.0 Å². The number of nitrogens with zero attached hydrogens (tertiary/aromatic N) is 6. The number of piperidine rings is 1. The van der Waals surface area contributed by atoms with Gasteiger partial charge in [-0.15, -0.1) is 0 Å². The van der Waals surface area contributed by atoms with E-state index in [1.54, 1.807) is 12.5 Å². The molecule has 8 nitrogen and oxygen atoms in total. The van der Waals surface area contributed by atoms with Crippen molar-refractivity contribution < 1.29 is 5.11 Å². The molecule has 1 aliphatic heterocycles. The smallest absolute Gasteiger partial charge is 0.141 e. The van der Waals surface area contributed by atoms with Gasteiger partial charge in [-0.3, -0.25) is 4.90 Å². The summed E-state index contributed by atoms with van der Waals surface area (Å²) >= 11 is 0. The molecule has 1 atom stereocenters. The van der Waals surface area contributed by atoms with Gasteiger partial charge >= 0.3 is 0 Å². The summed E-state index contributed by atoms with van der Waals surface area (Å²) in [5.41, 5.74) is -0.317. The molecule has 0 bridgehead atoms. The highest BCUT2D eigenvalue weighted by Crippen LogP contribution is 2.30. The number of likely N-dealkylation sites (tertiary alicyclic amines) is 1. The van der Waals surface area contributed by atoms with Gasteiger partial charge in [0.2, 0.25) is 0 Å². The highest BCUT2D eigenvalue weighted by atomic mass is 16.3. The lowest BCUT2D eigenvalue weighted by molar-refractivity contribution is -0.0423. The van der Waals surface area contributed by atoms with Crippen LogP contribution in [0.25, 0.3) is 0 Å². The van der Waals surface area contributed by atoms with Crippen molar-refractivity contribution >= 4 is 0 Å². The predicted octanol–water partition coefficient (Wildman–Crippen LogP) is 0.290. The Bertz CT molecular complexity index is 567. The van der Waals surface area contributed by atoms with E-state index in [4.69, 9.17) is 0 Å².